The van der Waals surface area contributed by atoms with Crippen molar-refractivity contribution in [1.82, 2.24) is 15.1 Å². The minimum Gasteiger partial charge on any atom is -0.340 e. The summed E-state index contributed by atoms with van der Waals surface area (Å²) in [5.41, 5.74) is -0.0945. The summed E-state index contributed by atoms with van der Waals surface area (Å²) >= 11 is 6.93. The Balaban J connectivity index is 1.18. The topological polar surface area (TPSA) is 93.8 Å². The molecule has 0 bridgehead atoms. The molecule has 37 heavy (non-hydrogen) atoms. The van der Waals surface area contributed by atoms with Crippen molar-refractivity contribution < 1.29 is 27.6 Å². The number of carbonyl (C=O) groups is 3. The van der Waals surface area contributed by atoms with Crippen LogP contribution in [0.4, 0.5) is 29.3 Å². The van der Waals surface area contributed by atoms with Crippen LogP contribution in [0.2, 0.25) is 5.02 Å². The number of piperazine rings is 1. The molecule has 0 saturated carbocycles. The summed E-state index contributed by atoms with van der Waals surface area (Å²) in [7, 11) is 0. The molecule has 2 aromatic carbocycles. The first kappa shape index (κ1) is 27.1. The van der Waals surface area contributed by atoms with Gasteiger partial charge in [0.15, 0.2) is 0 Å². The highest BCUT2D eigenvalue weighted by atomic mass is 35.5. The fraction of sp³-hybridized carbons (Fsp3) is 0.375. The van der Waals surface area contributed by atoms with E-state index < -0.39 is 22.9 Å². The molecule has 2 aliphatic rings. The van der Waals surface area contributed by atoms with Crippen molar-refractivity contribution in [2.45, 2.75) is 22.7 Å². The molecular formula is C24H25ClF3N5O3S. The Morgan fingerprint density at radius 2 is 1.78 bits per heavy atom. The first-order valence-electron chi connectivity index (χ1n) is 11.6. The zero-order valence-electron chi connectivity index (χ0n) is 19.6. The highest BCUT2D eigenvalue weighted by Crippen LogP contribution is 2.40. The number of nitrogens with one attached hydrogen (secondary N) is 3. The van der Waals surface area contributed by atoms with Crippen molar-refractivity contribution >= 4 is 52.6 Å². The van der Waals surface area contributed by atoms with Crippen molar-refractivity contribution in [1.29, 1.82) is 0 Å². The maximum atomic E-state index is 12.9. The molecule has 0 aromatic heterocycles. The highest BCUT2D eigenvalue weighted by molar-refractivity contribution is 8.01. The summed E-state index contributed by atoms with van der Waals surface area (Å²) in [5, 5.41) is 7.89. The van der Waals surface area contributed by atoms with Gasteiger partial charge in [0.05, 0.1) is 16.5 Å². The molecule has 1 saturated heterocycles. The lowest BCUT2D eigenvalue weighted by Crippen LogP contribution is -2.51. The van der Waals surface area contributed by atoms with Gasteiger partial charge in [-0.15, -0.1) is 11.8 Å². The third kappa shape index (κ3) is 7.30. The third-order valence-corrected chi connectivity index (χ3v) is 7.55. The minimum atomic E-state index is -4.50. The van der Waals surface area contributed by atoms with Gasteiger partial charge in [-0.25, -0.2) is 4.79 Å². The standard InChI is InChI=1S/C24H25ClF3N5O3S/c25-16-2-4-17(5-3-16)30-23(36)29-7-8-32-9-11-33(12-10-32)21(34)14-20-22(35)31-18-13-15(24(26,27)28)1-6-19(18)37-20/h1-6,13,20H,7-12,14H2,(H,31,35)(H2,29,30,36). The van der Waals surface area contributed by atoms with Crippen LogP contribution in [0.5, 0.6) is 0 Å². The molecule has 8 nitrogen and oxygen atoms in total. The van der Waals surface area contributed by atoms with Crippen LogP contribution in [0, 0.1) is 0 Å². The van der Waals surface area contributed by atoms with Gasteiger partial charge in [0.1, 0.15) is 0 Å². The molecule has 4 rings (SSSR count). The second-order valence-electron chi connectivity index (χ2n) is 8.62. The van der Waals surface area contributed by atoms with Crippen molar-refractivity contribution in [3.63, 3.8) is 0 Å². The number of hydrogen-bond donors (Lipinski definition) is 3. The number of anilines is 2. The maximum Gasteiger partial charge on any atom is 0.416 e. The van der Waals surface area contributed by atoms with Gasteiger partial charge in [-0.2, -0.15) is 13.2 Å². The average Bonchev–Trinajstić information content (AvgIpc) is 2.85. The Kier molecular flexibility index (Phi) is 8.50. The second kappa shape index (κ2) is 11.6. The third-order valence-electron chi connectivity index (χ3n) is 6.03. The van der Waals surface area contributed by atoms with E-state index in [1.54, 1.807) is 29.2 Å². The molecule has 0 aliphatic carbocycles. The van der Waals surface area contributed by atoms with Crippen molar-refractivity contribution in [2.24, 2.45) is 0 Å². The van der Waals surface area contributed by atoms with Crippen LogP contribution in [0.1, 0.15) is 12.0 Å². The monoisotopic (exact) mass is 555 g/mol. The molecule has 13 heteroatoms. The number of hydrogen-bond acceptors (Lipinski definition) is 5. The van der Waals surface area contributed by atoms with E-state index in [4.69, 9.17) is 11.6 Å². The number of benzene rings is 2. The molecule has 0 radical (unpaired) electrons. The van der Waals surface area contributed by atoms with Crippen LogP contribution >= 0.6 is 23.4 Å². The summed E-state index contributed by atoms with van der Waals surface area (Å²) in [5.74, 6) is -0.658. The van der Waals surface area contributed by atoms with Gasteiger partial charge in [-0.05, 0) is 42.5 Å². The molecule has 2 aliphatic heterocycles. The van der Waals surface area contributed by atoms with Gasteiger partial charge in [0.2, 0.25) is 11.8 Å². The van der Waals surface area contributed by atoms with E-state index in [0.717, 1.165) is 23.9 Å². The maximum absolute atomic E-state index is 12.9. The number of thioether (sulfide) groups is 1. The first-order valence-corrected chi connectivity index (χ1v) is 12.8. The SMILES string of the molecule is O=C(NCCN1CCN(C(=O)CC2Sc3ccc(C(F)(F)F)cc3NC2=O)CC1)Nc1ccc(Cl)cc1. The van der Waals surface area contributed by atoms with Crippen LogP contribution in [0.25, 0.3) is 0 Å². The average molecular weight is 556 g/mol. The molecule has 1 unspecified atom stereocenters. The molecule has 3 N–H and O–H groups in total. The number of halogens is 4. The molecule has 4 amide bonds. The first-order chi connectivity index (χ1) is 17.6. The predicted octanol–water partition coefficient (Wildman–Crippen LogP) is 4.13. The van der Waals surface area contributed by atoms with Gasteiger partial charge in [-0.3, -0.25) is 14.5 Å². The van der Waals surface area contributed by atoms with Crippen LogP contribution in [-0.2, 0) is 15.8 Å². The van der Waals surface area contributed by atoms with Crippen LogP contribution in [-0.4, -0.2) is 72.2 Å². The number of alkyl halides is 3. The Bertz CT molecular complexity index is 1160. The van der Waals surface area contributed by atoms with Gasteiger partial charge in [0.25, 0.3) is 0 Å². The molecule has 1 atom stereocenters. The summed E-state index contributed by atoms with van der Waals surface area (Å²) < 4.78 is 38.8. The van der Waals surface area contributed by atoms with Gasteiger partial charge < -0.3 is 20.9 Å². The number of urea groups is 1. The lowest BCUT2D eigenvalue weighted by atomic mass is 10.1. The lowest BCUT2D eigenvalue weighted by molar-refractivity contribution is -0.137. The fourth-order valence-corrected chi connectivity index (χ4v) is 5.21. The molecular weight excluding hydrogens is 531 g/mol. The summed E-state index contributed by atoms with van der Waals surface area (Å²) in [4.78, 5) is 41.6. The largest absolute Gasteiger partial charge is 0.416 e. The summed E-state index contributed by atoms with van der Waals surface area (Å²) in [6.45, 7) is 3.27. The van der Waals surface area contributed by atoms with E-state index in [-0.39, 0.29) is 24.0 Å². The predicted molar refractivity (Wildman–Crippen MR) is 136 cm³/mol. The van der Waals surface area contributed by atoms with Crippen molar-refractivity contribution in [2.75, 3.05) is 49.9 Å². The molecule has 2 aromatic rings. The zero-order chi connectivity index (χ0) is 26.6. The normalized spacial score (nSPS) is 18.1. The number of rotatable bonds is 6. The minimum absolute atomic E-state index is 0.0383. The van der Waals surface area contributed by atoms with E-state index in [2.05, 4.69) is 20.9 Å². The van der Waals surface area contributed by atoms with Crippen LogP contribution < -0.4 is 16.0 Å². The molecule has 0 spiro atoms. The van der Waals surface area contributed by atoms with E-state index in [0.29, 0.717) is 54.9 Å². The Morgan fingerprint density at radius 3 is 2.46 bits per heavy atom. The molecule has 198 valence electrons. The Hall–Kier alpha value is -2.96. The zero-order valence-corrected chi connectivity index (χ0v) is 21.2. The van der Waals surface area contributed by atoms with Gasteiger partial charge in [-0.1, -0.05) is 11.6 Å². The van der Waals surface area contributed by atoms with E-state index >= 15 is 0 Å². The van der Waals surface area contributed by atoms with E-state index in [1.165, 1.54) is 6.07 Å². The number of amides is 4. The highest BCUT2D eigenvalue weighted by Gasteiger charge is 2.35. The number of nitrogens with zero attached hydrogens (tertiary/aromatic N) is 2. The van der Waals surface area contributed by atoms with E-state index in [9.17, 15) is 27.6 Å². The number of carbonyl (C=O) groups excluding carboxylic acids is 3. The van der Waals surface area contributed by atoms with Gasteiger partial charge >= 0.3 is 12.2 Å². The molecule has 2 heterocycles. The fourth-order valence-electron chi connectivity index (χ4n) is 4.01. The van der Waals surface area contributed by atoms with Crippen LogP contribution in [0.3, 0.4) is 0 Å². The Labute approximate surface area is 220 Å². The number of fused-ring (bicyclic) bond motifs is 1. The molecule has 1 fully saturated rings. The quantitative estimate of drug-likeness (QED) is 0.498. The second-order valence-corrected chi connectivity index (χ2v) is 10.3. The van der Waals surface area contributed by atoms with Gasteiger partial charge in [0, 0.05) is 61.3 Å². The smallest absolute Gasteiger partial charge is 0.340 e. The summed E-state index contributed by atoms with van der Waals surface area (Å²) in [6, 6.07) is 9.65. The van der Waals surface area contributed by atoms with E-state index in [1.807, 2.05) is 0 Å². The van der Waals surface area contributed by atoms with Crippen molar-refractivity contribution in [3.8, 4) is 0 Å². The summed E-state index contributed by atoms with van der Waals surface area (Å²) in [6.07, 6.45) is -4.54. The lowest BCUT2D eigenvalue weighted by Gasteiger charge is -2.35. The van der Waals surface area contributed by atoms with Crippen molar-refractivity contribution in [3.05, 3.63) is 53.1 Å². The van der Waals surface area contributed by atoms with Crippen LogP contribution in [0.15, 0.2) is 47.4 Å². The Morgan fingerprint density at radius 1 is 1.08 bits per heavy atom.